The van der Waals surface area contributed by atoms with Crippen molar-refractivity contribution in [3.05, 3.63) is 46.8 Å². The number of aliphatic hydroxyl groups is 1. The van der Waals surface area contributed by atoms with Crippen LogP contribution in [0.5, 0.6) is 5.75 Å². The van der Waals surface area contributed by atoms with Gasteiger partial charge in [0.2, 0.25) is 0 Å². The van der Waals surface area contributed by atoms with Crippen LogP contribution in [-0.2, 0) is 6.42 Å². The molecule has 1 aromatic heterocycles. The summed E-state index contributed by atoms with van der Waals surface area (Å²) in [5.74, 6) is 1.20. The average molecular weight is 329 g/mol. The van der Waals surface area contributed by atoms with Gasteiger partial charge < -0.3 is 9.84 Å². The molecule has 0 amide bonds. The van der Waals surface area contributed by atoms with E-state index in [-0.39, 0.29) is 12.0 Å². The fraction of sp³-hybridized carbons (Fsp3) is 0.526. The van der Waals surface area contributed by atoms with Crippen LogP contribution < -0.4 is 4.74 Å². The van der Waals surface area contributed by atoms with Gasteiger partial charge in [-0.05, 0) is 50.5 Å². The van der Waals surface area contributed by atoms with E-state index in [1.807, 2.05) is 19.1 Å². The molecule has 24 heavy (non-hydrogen) atoms. The molecule has 2 atom stereocenters. The van der Waals surface area contributed by atoms with Crippen molar-refractivity contribution in [1.82, 2.24) is 15.1 Å². The van der Waals surface area contributed by atoms with E-state index in [0.717, 1.165) is 36.6 Å². The van der Waals surface area contributed by atoms with Gasteiger partial charge in [0.05, 0.1) is 11.8 Å². The molecule has 0 aliphatic carbocycles. The lowest BCUT2D eigenvalue weighted by atomic mass is 10.0. The van der Waals surface area contributed by atoms with E-state index >= 15 is 0 Å². The van der Waals surface area contributed by atoms with Gasteiger partial charge in [-0.3, -0.25) is 10.00 Å². The van der Waals surface area contributed by atoms with Crippen molar-refractivity contribution in [3.8, 4) is 5.75 Å². The van der Waals surface area contributed by atoms with Gasteiger partial charge in [-0.2, -0.15) is 5.10 Å². The van der Waals surface area contributed by atoms with Crippen molar-refractivity contribution >= 4 is 0 Å². The molecule has 0 saturated carbocycles. The molecule has 1 aromatic carbocycles. The molecule has 5 heteroatoms. The Hall–Kier alpha value is -1.85. The molecule has 2 aromatic rings. The molecule has 1 saturated heterocycles. The van der Waals surface area contributed by atoms with Gasteiger partial charge in [0, 0.05) is 31.2 Å². The standard InChI is InChI=1S/C19H27N3O2/c1-13-5-4-6-19(15(13)3)24-8-7-22-11-16(18(23)12-22)10-17-9-14(2)20-21-17/h4-6,9,16,18,23H,7-8,10-12H2,1-3H3,(H,20,21)/t16-,18-/m1/s1. The Balaban J connectivity index is 1.47. The molecule has 1 aliphatic rings. The minimum Gasteiger partial charge on any atom is -0.492 e. The number of aliphatic hydroxyl groups excluding tert-OH is 1. The second-order valence-corrected chi connectivity index (χ2v) is 6.88. The van der Waals surface area contributed by atoms with E-state index in [2.05, 4.69) is 41.1 Å². The smallest absolute Gasteiger partial charge is 0.122 e. The molecule has 2 N–H and O–H groups in total. The highest BCUT2D eigenvalue weighted by atomic mass is 16.5. The van der Waals surface area contributed by atoms with E-state index in [9.17, 15) is 5.11 Å². The van der Waals surface area contributed by atoms with E-state index in [1.54, 1.807) is 0 Å². The fourth-order valence-electron chi connectivity index (χ4n) is 3.34. The number of hydrogen-bond donors (Lipinski definition) is 2. The third-order valence-electron chi connectivity index (χ3n) is 4.93. The summed E-state index contributed by atoms with van der Waals surface area (Å²) < 4.78 is 5.93. The number of rotatable bonds is 6. The Kier molecular flexibility index (Phi) is 5.21. The number of aryl methyl sites for hydroxylation is 2. The van der Waals surface area contributed by atoms with Crippen molar-refractivity contribution in [2.45, 2.75) is 33.3 Å². The number of aromatic nitrogens is 2. The molecule has 0 radical (unpaired) electrons. The van der Waals surface area contributed by atoms with Gasteiger partial charge in [-0.25, -0.2) is 0 Å². The lowest BCUT2D eigenvalue weighted by molar-refractivity contribution is 0.139. The number of hydrogen-bond acceptors (Lipinski definition) is 4. The van der Waals surface area contributed by atoms with Gasteiger partial charge >= 0.3 is 0 Å². The van der Waals surface area contributed by atoms with Crippen LogP contribution in [0.4, 0.5) is 0 Å². The second kappa shape index (κ2) is 7.36. The number of ether oxygens (including phenoxy) is 1. The molecule has 2 heterocycles. The minimum atomic E-state index is -0.289. The second-order valence-electron chi connectivity index (χ2n) is 6.88. The van der Waals surface area contributed by atoms with Crippen LogP contribution in [-0.4, -0.2) is 52.5 Å². The highest BCUT2D eigenvalue weighted by molar-refractivity contribution is 5.38. The highest BCUT2D eigenvalue weighted by Gasteiger charge is 2.31. The predicted molar refractivity (Wildman–Crippen MR) is 94.4 cm³/mol. The summed E-state index contributed by atoms with van der Waals surface area (Å²) in [7, 11) is 0. The van der Waals surface area contributed by atoms with E-state index in [4.69, 9.17) is 4.74 Å². The first kappa shape index (κ1) is 17.0. The number of benzene rings is 1. The topological polar surface area (TPSA) is 61.4 Å². The van der Waals surface area contributed by atoms with E-state index < -0.39 is 0 Å². The Bertz CT molecular complexity index is 683. The van der Waals surface area contributed by atoms with Gasteiger partial charge in [0.25, 0.3) is 0 Å². The molecule has 1 fully saturated rings. The summed E-state index contributed by atoms with van der Waals surface area (Å²) in [6, 6.07) is 8.20. The lowest BCUT2D eigenvalue weighted by Crippen LogP contribution is -2.27. The van der Waals surface area contributed by atoms with Gasteiger partial charge in [0.1, 0.15) is 12.4 Å². The molecular weight excluding hydrogens is 302 g/mol. The number of aromatic amines is 1. The van der Waals surface area contributed by atoms with E-state index in [1.165, 1.54) is 11.1 Å². The predicted octanol–water partition coefficient (Wildman–Crippen LogP) is 2.25. The Morgan fingerprint density at radius 2 is 2.12 bits per heavy atom. The van der Waals surface area contributed by atoms with Crippen LogP contribution >= 0.6 is 0 Å². The highest BCUT2D eigenvalue weighted by Crippen LogP contribution is 2.22. The first-order chi connectivity index (χ1) is 11.5. The Labute approximate surface area is 143 Å². The maximum Gasteiger partial charge on any atom is 0.122 e. The maximum atomic E-state index is 10.3. The normalized spacial score (nSPS) is 21.3. The quantitative estimate of drug-likeness (QED) is 0.853. The fourth-order valence-corrected chi connectivity index (χ4v) is 3.34. The minimum absolute atomic E-state index is 0.244. The third kappa shape index (κ3) is 3.97. The zero-order chi connectivity index (χ0) is 17.1. The summed E-state index contributed by atoms with van der Waals surface area (Å²) in [6.07, 6.45) is 0.530. The molecule has 0 spiro atoms. The van der Waals surface area contributed by atoms with Crippen LogP contribution in [0.2, 0.25) is 0 Å². The molecule has 1 aliphatic heterocycles. The number of H-pyrrole nitrogens is 1. The number of likely N-dealkylation sites (tertiary alicyclic amines) is 1. The summed E-state index contributed by atoms with van der Waals surface area (Å²) in [5.41, 5.74) is 4.55. The Morgan fingerprint density at radius 1 is 1.29 bits per heavy atom. The summed E-state index contributed by atoms with van der Waals surface area (Å²) >= 11 is 0. The molecule has 130 valence electrons. The lowest BCUT2D eigenvalue weighted by Gasteiger charge is -2.17. The van der Waals surface area contributed by atoms with Gasteiger partial charge in [-0.15, -0.1) is 0 Å². The summed E-state index contributed by atoms with van der Waals surface area (Å²) in [5, 5.41) is 17.5. The van der Waals surface area contributed by atoms with E-state index in [0.29, 0.717) is 13.2 Å². The molecule has 0 bridgehead atoms. The van der Waals surface area contributed by atoms with Crippen LogP contribution in [0.3, 0.4) is 0 Å². The zero-order valence-electron chi connectivity index (χ0n) is 14.7. The molecular formula is C19H27N3O2. The maximum absolute atomic E-state index is 10.3. The number of nitrogens with zero attached hydrogens (tertiary/aromatic N) is 2. The third-order valence-corrected chi connectivity index (χ3v) is 4.93. The molecule has 0 unspecified atom stereocenters. The van der Waals surface area contributed by atoms with Crippen molar-refractivity contribution < 1.29 is 9.84 Å². The SMILES string of the molecule is Cc1cc(C[C@@H]2CN(CCOc3cccc(C)c3C)C[C@H]2O)n[nH]1. The Morgan fingerprint density at radius 3 is 2.88 bits per heavy atom. The molecule has 3 rings (SSSR count). The summed E-state index contributed by atoms with van der Waals surface area (Å²) in [4.78, 5) is 2.28. The van der Waals surface area contributed by atoms with Gasteiger partial charge in [-0.1, -0.05) is 12.1 Å². The van der Waals surface area contributed by atoms with Crippen LogP contribution in [0.25, 0.3) is 0 Å². The van der Waals surface area contributed by atoms with Crippen molar-refractivity contribution in [2.24, 2.45) is 5.92 Å². The average Bonchev–Trinajstić information content (AvgIpc) is 3.10. The van der Waals surface area contributed by atoms with Crippen molar-refractivity contribution in [1.29, 1.82) is 0 Å². The largest absolute Gasteiger partial charge is 0.492 e. The van der Waals surface area contributed by atoms with Crippen molar-refractivity contribution in [2.75, 3.05) is 26.2 Å². The van der Waals surface area contributed by atoms with Crippen molar-refractivity contribution in [3.63, 3.8) is 0 Å². The first-order valence-corrected chi connectivity index (χ1v) is 8.63. The number of nitrogens with one attached hydrogen (secondary N) is 1. The van der Waals surface area contributed by atoms with Gasteiger partial charge in [0.15, 0.2) is 0 Å². The molecule has 5 nitrogen and oxygen atoms in total. The van der Waals surface area contributed by atoms with Crippen LogP contribution in [0.1, 0.15) is 22.5 Å². The monoisotopic (exact) mass is 329 g/mol. The zero-order valence-corrected chi connectivity index (χ0v) is 14.7. The number of β-amino-alcohol motifs (C(OH)–C–C–N with tert-alkyl or cyclic N) is 1. The van der Waals surface area contributed by atoms with Crippen LogP contribution in [0.15, 0.2) is 24.3 Å². The van der Waals surface area contributed by atoms with Crippen LogP contribution in [0, 0.1) is 26.7 Å². The first-order valence-electron chi connectivity index (χ1n) is 8.63. The summed E-state index contributed by atoms with van der Waals surface area (Å²) in [6.45, 7) is 9.27.